The Morgan fingerprint density at radius 1 is 0.903 bits per heavy atom. The molecular formula is C26H44O5. The van der Waals surface area contributed by atoms with Crippen molar-refractivity contribution in [2.45, 2.75) is 105 Å². The summed E-state index contributed by atoms with van der Waals surface area (Å²) in [5.41, 5.74) is 0.624. The van der Waals surface area contributed by atoms with Crippen molar-refractivity contribution in [3.63, 3.8) is 0 Å². The molecule has 5 nitrogen and oxygen atoms in total. The number of hydrogen-bond donors (Lipinski definition) is 0. The van der Waals surface area contributed by atoms with E-state index in [1.54, 1.807) is 26.2 Å². The molecule has 0 saturated heterocycles. The van der Waals surface area contributed by atoms with Crippen molar-refractivity contribution in [2.75, 3.05) is 13.7 Å². The zero-order valence-corrected chi connectivity index (χ0v) is 21.4. The number of ether oxygens (including phenoxy) is 3. The highest BCUT2D eigenvalue weighted by molar-refractivity contribution is 6.03. The van der Waals surface area contributed by atoms with E-state index < -0.39 is 23.6 Å². The summed E-state index contributed by atoms with van der Waals surface area (Å²) >= 11 is 0. The lowest BCUT2D eigenvalue weighted by molar-refractivity contribution is -0.00583. The highest BCUT2D eigenvalue weighted by atomic mass is 16.6. The normalized spacial score (nSPS) is 12.5. The molecule has 0 amide bonds. The van der Waals surface area contributed by atoms with Gasteiger partial charge in [0.05, 0.1) is 17.7 Å². The predicted molar refractivity (Wildman–Crippen MR) is 127 cm³/mol. The topological polar surface area (TPSA) is 61.8 Å². The third-order valence-corrected chi connectivity index (χ3v) is 4.76. The van der Waals surface area contributed by atoms with Gasteiger partial charge in [-0.1, -0.05) is 66.9 Å². The van der Waals surface area contributed by atoms with Gasteiger partial charge in [-0.2, -0.15) is 0 Å². The van der Waals surface area contributed by atoms with Gasteiger partial charge in [-0.05, 0) is 50.3 Å². The lowest BCUT2D eigenvalue weighted by Crippen LogP contribution is -2.29. The summed E-state index contributed by atoms with van der Waals surface area (Å²) in [7, 11) is 1.54. The SMILES string of the molecule is CCCC.CCCC(C)(C)OC(=O)c1ccc(C(C)(C)C)cc1C(=O)OC(C)COC. The van der Waals surface area contributed by atoms with Crippen LogP contribution in [0.15, 0.2) is 18.2 Å². The Morgan fingerprint density at radius 2 is 1.48 bits per heavy atom. The molecule has 1 rings (SSSR count). The first-order valence-corrected chi connectivity index (χ1v) is 11.4. The molecule has 178 valence electrons. The molecule has 0 spiro atoms. The van der Waals surface area contributed by atoms with Gasteiger partial charge in [0.25, 0.3) is 0 Å². The van der Waals surface area contributed by atoms with Crippen LogP contribution in [0.2, 0.25) is 0 Å². The van der Waals surface area contributed by atoms with E-state index in [9.17, 15) is 9.59 Å². The molecular weight excluding hydrogens is 392 g/mol. The van der Waals surface area contributed by atoms with Crippen LogP contribution in [0.1, 0.15) is 114 Å². The second-order valence-corrected chi connectivity index (χ2v) is 9.58. The maximum atomic E-state index is 12.8. The summed E-state index contributed by atoms with van der Waals surface area (Å²) < 4.78 is 16.1. The average Bonchev–Trinajstić information content (AvgIpc) is 2.66. The summed E-state index contributed by atoms with van der Waals surface area (Å²) in [6, 6.07) is 5.24. The van der Waals surface area contributed by atoms with Crippen molar-refractivity contribution in [2.24, 2.45) is 0 Å². The largest absolute Gasteiger partial charge is 0.457 e. The van der Waals surface area contributed by atoms with Gasteiger partial charge >= 0.3 is 11.9 Å². The van der Waals surface area contributed by atoms with Crippen LogP contribution < -0.4 is 0 Å². The fourth-order valence-corrected chi connectivity index (χ4v) is 2.83. The molecule has 1 atom stereocenters. The summed E-state index contributed by atoms with van der Waals surface area (Å²) in [5, 5.41) is 0. The van der Waals surface area contributed by atoms with E-state index in [2.05, 4.69) is 13.8 Å². The number of methoxy groups -OCH3 is 1. The molecule has 0 aliphatic heterocycles. The fourth-order valence-electron chi connectivity index (χ4n) is 2.83. The minimum atomic E-state index is -0.598. The molecule has 0 radical (unpaired) electrons. The number of rotatable bonds is 9. The van der Waals surface area contributed by atoms with Gasteiger partial charge < -0.3 is 14.2 Å². The number of benzene rings is 1. The van der Waals surface area contributed by atoms with Crippen molar-refractivity contribution >= 4 is 11.9 Å². The number of carbonyl (C=O) groups excluding carboxylic acids is 2. The summed E-state index contributed by atoms with van der Waals surface area (Å²) in [4.78, 5) is 25.5. The fraction of sp³-hybridized carbons (Fsp3) is 0.692. The Hall–Kier alpha value is -1.88. The lowest BCUT2D eigenvalue weighted by atomic mass is 9.85. The number of carbonyl (C=O) groups is 2. The summed E-state index contributed by atoms with van der Waals surface area (Å²) in [6.45, 7) is 18.3. The van der Waals surface area contributed by atoms with Crippen LogP contribution in [-0.4, -0.2) is 37.4 Å². The van der Waals surface area contributed by atoms with Gasteiger partial charge in [0, 0.05) is 7.11 Å². The Kier molecular flexibility index (Phi) is 12.7. The molecule has 1 unspecified atom stereocenters. The van der Waals surface area contributed by atoms with Crippen LogP contribution in [0, 0.1) is 0 Å². The molecule has 1 aromatic carbocycles. The summed E-state index contributed by atoms with van der Waals surface area (Å²) in [6.07, 6.45) is 3.86. The van der Waals surface area contributed by atoms with Crippen molar-refractivity contribution in [1.29, 1.82) is 0 Å². The smallest absolute Gasteiger partial charge is 0.339 e. The molecule has 0 saturated carbocycles. The van der Waals surface area contributed by atoms with Crippen molar-refractivity contribution < 1.29 is 23.8 Å². The molecule has 1 aromatic rings. The zero-order chi connectivity index (χ0) is 24.2. The maximum Gasteiger partial charge on any atom is 0.339 e. The number of esters is 2. The van der Waals surface area contributed by atoms with Crippen LogP contribution in [0.3, 0.4) is 0 Å². The van der Waals surface area contributed by atoms with Gasteiger partial charge in [0.1, 0.15) is 11.7 Å². The molecule has 0 heterocycles. The molecule has 0 aliphatic carbocycles. The van der Waals surface area contributed by atoms with Crippen molar-refractivity contribution in [3.05, 3.63) is 34.9 Å². The van der Waals surface area contributed by atoms with Gasteiger partial charge in [0.15, 0.2) is 0 Å². The Balaban J connectivity index is 0.00000206. The number of hydrogen-bond acceptors (Lipinski definition) is 5. The van der Waals surface area contributed by atoms with E-state index in [0.717, 1.165) is 18.4 Å². The summed E-state index contributed by atoms with van der Waals surface area (Å²) in [5.74, 6) is -1.06. The average molecular weight is 437 g/mol. The van der Waals surface area contributed by atoms with Gasteiger partial charge in [-0.3, -0.25) is 0 Å². The Labute approximate surface area is 189 Å². The van der Waals surface area contributed by atoms with Crippen molar-refractivity contribution in [3.8, 4) is 0 Å². The van der Waals surface area contributed by atoms with E-state index >= 15 is 0 Å². The third kappa shape index (κ3) is 10.8. The highest BCUT2D eigenvalue weighted by Crippen LogP contribution is 2.27. The molecule has 5 heteroatoms. The number of unbranched alkanes of at least 4 members (excludes halogenated alkanes) is 1. The lowest BCUT2D eigenvalue weighted by Gasteiger charge is -2.26. The molecule has 0 aliphatic rings. The first-order chi connectivity index (χ1) is 14.3. The van der Waals surface area contributed by atoms with E-state index in [1.165, 1.54) is 12.8 Å². The van der Waals surface area contributed by atoms with E-state index in [1.807, 2.05) is 47.6 Å². The van der Waals surface area contributed by atoms with Crippen LogP contribution in [0.5, 0.6) is 0 Å². The molecule has 31 heavy (non-hydrogen) atoms. The maximum absolute atomic E-state index is 12.8. The van der Waals surface area contributed by atoms with Gasteiger partial charge in [-0.15, -0.1) is 0 Å². The zero-order valence-electron chi connectivity index (χ0n) is 21.4. The Morgan fingerprint density at radius 3 is 1.94 bits per heavy atom. The predicted octanol–water partition coefficient (Wildman–Crippen LogP) is 6.72. The Bertz CT molecular complexity index is 684. The first-order valence-electron chi connectivity index (χ1n) is 11.4. The minimum Gasteiger partial charge on any atom is -0.457 e. The quantitative estimate of drug-likeness (QED) is 0.402. The van der Waals surface area contributed by atoms with E-state index in [-0.39, 0.29) is 23.1 Å². The van der Waals surface area contributed by atoms with Crippen LogP contribution in [0.4, 0.5) is 0 Å². The molecule has 0 N–H and O–H groups in total. The van der Waals surface area contributed by atoms with E-state index in [4.69, 9.17) is 14.2 Å². The molecule has 0 aromatic heterocycles. The van der Waals surface area contributed by atoms with Gasteiger partial charge in [-0.25, -0.2) is 9.59 Å². The van der Waals surface area contributed by atoms with Crippen LogP contribution in [0.25, 0.3) is 0 Å². The van der Waals surface area contributed by atoms with E-state index in [0.29, 0.717) is 0 Å². The minimum absolute atomic E-state index is 0.170. The second kappa shape index (κ2) is 13.5. The van der Waals surface area contributed by atoms with Crippen LogP contribution in [-0.2, 0) is 19.6 Å². The first kappa shape index (κ1) is 29.1. The monoisotopic (exact) mass is 436 g/mol. The standard InChI is InChI=1S/C22H34O5.C4H10/c1-9-12-22(6,7)27-20(24)17-11-10-16(21(3,4)5)13-18(17)19(23)26-15(2)14-25-8;1-3-4-2/h10-11,13,15H,9,12,14H2,1-8H3;3-4H2,1-2H3. The highest BCUT2D eigenvalue weighted by Gasteiger charge is 2.28. The van der Waals surface area contributed by atoms with Crippen LogP contribution >= 0.6 is 0 Å². The molecule has 0 bridgehead atoms. The van der Waals surface area contributed by atoms with Gasteiger partial charge in [0.2, 0.25) is 0 Å². The van der Waals surface area contributed by atoms with Crippen molar-refractivity contribution in [1.82, 2.24) is 0 Å². The second-order valence-electron chi connectivity index (χ2n) is 9.58. The molecule has 0 fully saturated rings. The third-order valence-electron chi connectivity index (χ3n) is 4.76.